The van der Waals surface area contributed by atoms with E-state index in [1.54, 1.807) is 12.4 Å². The summed E-state index contributed by atoms with van der Waals surface area (Å²) in [5, 5.41) is 12.9. The second-order valence-corrected chi connectivity index (χ2v) is 5.79. The number of carbonyl (C=O) groups is 1. The van der Waals surface area contributed by atoms with Gasteiger partial charge in [0.15, 0.2) is 0 Å². The maximum absolute atomic E-state index is 11.1. The van der Waals surface area contributed by atoms with Gasteiger partial charge in [-0.25, -0.2) is 0 Å². The van der Waals surface area contributed by atoms with Crippen LogP contribution in [0.5, 0.6) is 0 Å². The molecular formula is C15H14ClNO2S2. The lowest BCUT2D eigenvalue weighted by Crippen LogP contribution is -2.09. The molecule has 0 fully saturated rings. The lowest BCUT2D eigenvalue weighted by atomic mass is 10.1. The van der Waals surface area contributed by atoms with Crippen molar-refractivity contribution in [3.05, 3.63) is 75.4 Å². The van der Waals surface area contributed by atoms with Gasteiger partial charge in [0, 0.05) is 22.1 Å². The Morgan fingerprint density at radius 1 is 0.952 bits per heavy atom. The van der Waals surface area contributed by atoms with Gasteiger partial charge in [0.05, 0.1) is 0 Å². The number of carboxylic acid groups (broad SMARTS) is 1. The largest absolute Gasteiger partial charge is 0.480 e. The zero-order valence-electron chi connectivity index (χ0n) is 11.0. The third-order valence-electron chi connectivity index (χ3n) is 2.47. The molecule has 110 valence electrons. The Kier molecular flexibility index (Phi) is 7.68. The Labute approximate surface area is 137 Å². The van der Waals surface area contributed by atoms with Crippen LogP contribution < -0.4 is 0 Å². The van der Waals surface area contributed by atoms with Gasteiger partial charge in [-0.2, -0.15) is 0 Å². The highest BCUT2D eigenvalue weighted by molar-refractivity contribution is 7.11. The molecule has 0 unspecified atom stereocenters. The maximum Gasteiger partial charge on any atom is 0.317 e. The van der Waals surface area contributed by atoms with Crippen LogP contribution in [0.2, 0.25) is 0 Å². The molecule has 3 heterocycles. The maximum atomic E-state index is 11.1. The average Bonchev–Trinajstić information content (AvgIpc) is 3.15. The molecule has 1 N–H and O–H groups in total. The molecule has 3 aromatic heterocycles. The van der Waals surface area contributed by atoms with Gasteiger partial charge in [0.1, 0.15) is 5.92 Å². The number of carboxylic acids is 1. The van der Waals surface area contributed by atoms with E-state index in [1.165, 1.54) is 22.7 Å². The van der Waals surface area contributed by atoms with E-state index >= 15 is 0 Å². The molecule has 6 heteroatoms. The average molecular weight is 340 g/mol. The molecule has 3 aromatic rings. The first-order valence-electron chi connectivity index (χ1n) is 5.93. The molecule has 0 amide bonds. The summed E-state index contributed by atoms with van der Waals surface area (Å²) < 4.78 is 0. The summed E-state index contributed by atoms with van der Waals surface area (Å²) in [6.45, 7) is 0. The Hall–Kier alpha value is -1.69. The molecule has 0 aliphatic heterocycles. The fourth-order valence-electron chi connectivity index (χ4n) is 1.61. The van der Waals surface area contributed by atoms with E-state index in [9.17, 15) is 4.79 Å². The minimum atomic E-state index is -0.782. The SMILES string of the molecule is Cl.O=C(O)C(c1cccs1)c1cccs1.c1ccncc1. The van der Waals surface area contributed by atoms with Gasteiger partial charge >= 0.3 is 5.97 Å². The first-order valence-corrected chi connectivity index (χ1v) is 7.69. The number of rotatable bonds is 3. The van der Waals surface area contributed by atoms with Gasteiger partial charge in [-0.3, -0.25) is 9.78 Å². The number of hydrogen-bond acceptors (Lipinski definition) is 4. The third-order valence-corrected chi connectivity index (χ3v) is 4.34. The van der Waals surface area contributed by atoms with E-state index in [-0.39, 0.29) is 12.4 Å². The summed E-state index contributed by atoms with van der Waals surface area (Å²) >= 11 is 2.97. The van der Waals surface area contributed by atoms with Crippen LogP contribution >= 0.6 is 35.1 Å². The van der Waals surface area contributed by atoms with Gasteiger partial charge in [-0.05, 0) is 35.0 Å². The lowest BCUT2D eigenvalue weighted by molar-refractivity contribution is -0.137. The zero-order valence-corrected chi connectivity index (χ0v) is 13.4. The minimum absolute atomic E-state index is 0. The van der Waals surface area contributed by atoms with Crippen LogP contribution in [-0.2, 0) is 4.79 Å². The topological polar surface area (TPSA) is 50.2 Å². The van der Waals surface area contributed by atoms with Crippen molar-refractivity contribution < 1.29 is 9.90 Å². The molecule has 3 nitrogen and oxygen atoms in total. The van der Waals surface area contributed by atoms with Crippen molar-refractivity contribution in [1.29, 1.82) is 0 Å². The lowest BCUT2D eigenvalue weighted by Gasteiger charge is -2.06. The van der Waals surface area contributed by atoms with Crippen molar-refractivity contribution in [2.45, 2.75) is 5.92 Å². The summed E-state index contributed by atoms with van der Waals surface area (Å²) in [6, 6.07) is 13.2. The number of nitrogens with zero attached hydrogens (tertiary/aromatic N) is 1. The quantitative estimate of drug-likeness (QED) is 0.762. The van der Waals surface area contributed by atoms with Crippen LogP contribution in [0.15, 0.2) is 65.6 Å². The summed E-state index contributed by atoms with van der Waals surface area (Å²) in [7, 11) is 0. The van der Waals surface area contributed by atoms with Gasteiger partial charge in [0.2, 0.25) is 0 Å². The van der Waals surface area contributed by atoms with Crippen molar-refractivity contribution in [3.8, 4) is 0 Å². The number of pyridine rings is 1. The standard InChI is InChI=1S/C10H8O2S2.C5H5N.ClH/c11-10(12)9(7-3-1-5-13-7)8-4-2-6-14-8;1-2-4-6-5-3-1;/h1-6,9H,(H,11,12);1-5H;1H. The van der Waals surface area contributed by atoms with E-state index in [4.69, 9.17) is 5.11 Å². The molecule has 21 heavy (non-hydrogen) atoms. The smallest absolute Gasteiger partial charge is 0.317 e. The molecule has 0 saturated carbocycles. The number of thiophene rings is 2. The van der Waals surface area contributed by atoms with E-state index < -0.39 is 11.9 Å². The van der Waals surface area contributed by atoms with Crippen molar-refractivity contribution in [3.63, 3.8) is 0 Å². The highest BCUT2D eigenvalue weighted by Gasteiger charge is 2.23. The van der Waals surface area contributed by atoms with E-state index in [1.807, 2.05) is 53.2 Å². The van der Waals surface area contributed by atoms with Crippen LogP contribution in [0.25, 0.3) is 0 Å². The molecule has 0 aliphatic rings. The summed E-state index contributed by atoms with van der Waals surface area (Å²) in [5.41, 5.74) is 0. The second kappa shape index (κ2) is 9.28. The normalized spacial score (nSPS) is 9.38. The third kappa shape index (κ3) is 5.30. The first kappa shape index (κ1) is 17.4. The van der Waals surface area contributed by atoms with Gasteiger partial charge < -0.3 is 5.11 Å². The second-order valence-electron chi connectivity index (χ2n) is 3.83. The van der Waals surface area contributed by atoms with Crippen LogP contribution in [0.4, 0.5) is 0 Å². The molecule has 3 rings (SSSR count). The van der Waals surface area contributed by atoms with Crippen LogP contribution in [0.3, 0.4) is 0 Å². The monoisotopic (exact) mass is 339 g/mol. The Morgan fingerprint density at radius 2 is 1.48 bits per heavy atom. The van der Waals surface area contributed by atoms with Crippen molar-refractivity contribution in [1.82, 2.24) is 4.98 Å². The molecule has 0 aliphatic carbocycles. The fourth-order valence-corrected chi connectivity index (χ4v) is 3.35. The zero-order chi connectivity index (χ0) is 14.2. The van der Waals surface area contributed by atoms with Crippen molar-refractivity contribution in [2.24, 2.45) is 0 Å². The first-order chi connectivity index (χ1) is 9.79. The summed E-state index contributed by atoms with van der Waals surface area (Å²) in [6.07, 6.45) is 3.50. The predicted octanol–water partition coefficient (Wildman–Crippen LogP) is 4.53. The highest BCUT2D eigenvalue weighted by Crippen LogP contribution is 2.31. The van der Waals surface area contributed by atoms with E-state index in [0.29, 0.717) is 0 Å². The Bertz CT molecular complexity index is 551. The molecule has 0 saturated heterocycles. The predicted molar refractivity (Wildman–Crippen MR) is 89.6 cm³/mol. The molecule has 0 atom stereocenters. The number of halogens is 1. The van der Waals surface area contributed by atoms with Crippen LogP contribution in [-0.4, -0.2) is 16.1 Å². The molecule has 0 radical (unpaired) electrons. The van der Waals surface area contributed by atoms with Crippen molar-refractivity contribution in [2.75, 3.05) is 0 Å². The van der Waals surface area contributed by atoms with Gasteiger partial charge in [0.25, 0.3) is 0 Å². The number of aromatic nitrogens is 1. The summed E-state index contributed by atoms with van der Waals surface area (Å²) in [4.78, 5) is 16.7. The van der Waals surface area contributed by atoms with Crippen LogP contribution in [0, 0.1) is 0 Å². The van der Waals surface area contributed by atoms with Crippen molar-refractivity contribution >= 4 is 41.0 Å². The van der Waals surface area contributed by atoms with Crippen LogP contribution in [0.1, 0.15) is 15.7 Å². The molecule has 0 bridgehead atoms. The highest BCUT2D eigenvalue weighted by atomic mass is 35.5. The van der Waals surface area contributed by atoms with E-state index in [2.05, 4.69) is 4.98 Å². The number of aliphatic carboxylic acids is 1. The molecular weight excluding hydrogens is 326 g/mol. The molecule has 0 spiro atoms. The Balaban J connectivity index is 0.000000267. The molecule has 0 aromatic carbocycles. The summed E-state index contributed by atoms with van der Waals surface area (Å²) in [5.74, 6) is -1.27. The van der Waals surface area contributed by atoms with Gasteiger partial charge in [-0.1, -0.05) is 18.2 Å². The van der Waals surface area contributed by atoms with E-state index in [0.717, 1.165) is 9.75 Å². The van der Waals surface area contributed by atoms with Gasteiger partial charge in [-0.15, -0.1) is 35.1 Å². The minimum Gasteiger partial charge on any atom is -0.480 e. The Morgan fingerprint density at radius 3 is 1.71 bits per heavy atom. The number of hydrogen-bond donors (Lipinski definition) is 1. The fraction of sp³-hybridized carbons (Fsp3) is 0.0667.